The number of anilines is 2. The molecule has 0 fully saturated rings. The van der Waals surface area contributed by atoms with Crippen LogP contribution >= 0.6 is 0 Å². The van der Waals surface area contributed by atoms with Crippen LogP contribution in [0.1, 0.15) is 59.1 Å². The van der Waals surface area contributed by atoms with E-state index < -0.39 is 24.2 Å². The zero-order chi connectivity index (χ0) is 49.9. The van der Waals surface area contributed by atoms with Crippen LogP contribution in [-0.4, -0.2) is 25.2 Å². The summed E-state index contributed by atoms with van der Waals surface area (Å²) in [5.74, 6) is -0.833. The lowest BCUT2D eigenvalue weighted by Gasteiger charge is -2.18. The Bertz CT molecular complexity index is 2660. The predicted octanol–water partition coefficient (Wildman–Crippen LogP) is 11.7. The van der Waals surface area contributed by atoms with Crippen LogP contribution in [-0.2, 0) is 44.5 Å². The number of carbonyl (C=O) groups excluding carboxylic acids is 2. The maximum absolute atomic E-state index is 14.9. The van der Waals surface area contributed by atoms with Crippen molar-refractivity contribution in [2.24, 2.45) is 0 Å². The van der Waals surface area contributed by atoms with Gasteiger partial charge >= 0.3 is 24.2 Å². The van der Waals surface area contributed by atoms with Gasteiger partial charge in [-0.05, 0) is 155 Å². The van der Waals surface area contributed by atoms with E-state index in [1.807, 2.05) is 12.1 Å². The van der Waals surface area contributed by atoms with Crippen molar-refractivity contribution in [2.45, 2.75) is 51.1 Å². The number of nitrogens with zero attached hydrogens (tertiary/aromatic N) is 2. The minimum Gasteiger partial charge on any atom is -0.494 e. The highest BCUT2D eigenvalue weighted by atomic mass is 19.3. The lowest BCUT2D eigenvalue weighted by atomic mass is 9.95. The van der Waals surface area contributed by atoms with Gasteiger partial charge in [-0.1, -0.05) is 36.4 Å². The number of rotatable bonds is 23. The van der Waals surface area contributed by atoms with E-state index in [4.69, 9.17) is 50.4 Å². The molecule has 0 saturated carbocycles. The molecular weight excluding hydrogens is 909 g/mol. The Morgan fingerprint density at radius 2 is 0.871 bits per heavy atom. The number of ether oxygens (including phenoxy) is 6. The first-order valence-corrected chi connectivity index (χ1v) is 21.7. The van der Waals surface area contributed by atoms with Crippen LogP contribution in [0.4, 0.5) is 28.9 Å². The molecule has 0 aliphatic carbocycles. The van der Waals surface area contributed by atoms with Gasteiger partial charge in [-0.25, -0.2) is 9.59 Å². The molecule has 70 heavy (non-hydrogen) atoms. The van der Waals surface area contributed by atoms with E-state index in [9.17, 15) is 27.2 Å². The number of nitrogens with two attached hydrogens (primary N) is 2. The van der Waals surface area contributed by atoms with Crippen molar-refractivity contribution in [3.63, 3.8) is 0 Å². The first-order valence-electron chi connectivity index (χ1n) is 21.7. The first-order chi connectivity index (χ1) is 33.7. The van der Waals surface area contributed by atoms with Gasteiger partial charge in [0, 0.05) is 36.4 Å². The van der Waals surface area contributed by atoms with E-state index in [1.54, 1.807) is 36.4 Å². The summed E-state index contributed by atoms with van der Waals surface area (Å²) in [4.78, 5) is 25.7. The molecule has 12 nitrogen and oxygen atoms in total. The third-order valence-corrected chi connectivity index (χ3v) is 10.1. The molecule has 0 aliphatic rings. The smallest absolute Gasteiger partial charge is 0.426 e. The Hall–Kier alpha value is -8.76. The van der Waals surface area contributed by atoms with Crippen molar-refractivity contribution >= 4 is 35.5 Å². The number of carbonyl (C=O) groups is 2. The number of alkyl halides is 4. The SMILES string of the molecule is N#CCCCOc1ccc(C(F)(F)Oc2ccc(/C=C/C(=O)OCc3cc(N)ccc3-c3ccc(N)cc3COC(=O)/C=C/c3ccc(OC(F)(F)c4ccc(OCCCC#N)cc4)cc3)cc2)cc1. The van der Waals surface area contributed by atoms with Crippen molar-refractivity contribution in [1.82, 2.24) is 0 Å². The summed E-state index contributed by atoms with van der Waals surface area (Å²) in [6.45, 7) is 0.191. The van der Waals surface area contributed by atoms with Crippen LogP contribution in [0.15, 0.2) is 146 Å². The van der Waals surface area contributed by atoms with Gasteiger partial charge < -0.3 is 39.9 Å². The average Bonchev–Trinajstić information content (AvgIpc) is 3.35. The van der Waals surface area contributed by atoms with Gasteiger partial charge in [-0.2, -0.15) is 28.1 Å². The molecular formula is C54H46F4N4O8. The highest BCUT2D eigenvalue weighted by molar-refractivity contribution is 5.88. The predicted molar refractivity (Wildman–Crippen MR) is 254 cm³/mol. The minimum atomic E-state index is -3.65. The molecule has 4 N–H and O–H groups in total. The number of halogens is 4. The summed E-state index contributed by atoms with van der Waals surface area (Å²) in [5, 5.41) is 17.3. The molecule has 0 saturated heterocycles. The molecule has 6 aromatic carbocycles. The van der Waals surface area contributed by atoms with E-state index >= 15 is 0 Å². The number of hydrogen-bond donors (Lipinski definition) is 2. The Balaban J connectivity index is 1.01. The third kappa shape index (κ3) is 15.1. The van der Waals surface area contributed by atoms with Crippen molar-refractivity contribution in [3.8, 4) is 46.3 Å². The number of hydrogen-bond acceptors (Lipinski definition) is 12. The summed E-state index contributed by atoms with van der Waals surface area (Å²) in [7, 11) is 0. The van der Waals surface area contributed by atoms with Crippen molar-refractivity contribution in [2.75, 3.05) is 24.7 Å². The van der Waals surface area contributed by atoms with Gasteiger partial charge in [0.15, 0.2) is 0 Å². The normalized spacial score (nSPS) is 11.4. The largest absolute Gasteiger partial charge is 0.494 e. The van der Waals surface area contributed by atoms with Gasteiger partial charge in [0.2, 0.25) is 0 Å². The molecule has 358 valence electrons. The first kappa shape index (κ1) is 50.6. The second-order valence-corrected chi connectivity index (χ2v) is 15.4. The number of benzene rings is 6. The molecule has 6 rings (SSSR count). The van der Waals surface area contributed by atoms with Crippen LogP contribution in [0.2, 0.25) is 0 Å². The highest BCUT2D eigenvalue weighted by Gasteiger charge is 2.35. The summed E-state index contributed by atoms with van der Waals surface area (Å²) >= 11 is 0. The third-order valence-electron chi connectivity index (χ3n) is 10.1. The molecule has 6 aromatic rings. The topological polar surface area (TPSA) is 189 Å². The van der Waals surface area contributed by atoms with Gasteiger partial charge in [0.05, 0.1) is 36.5 Å². The second-order valence-electron chi connectivity index (χ2n) is 15.4. The van der Waals surface area contributed by atoms with E-state index in [0.29, 0.717) is 81.9 Å². The summed E-state index contributed by atoms with van der Waals surface area (Å²) < 4.78 is 91.7. The standard InChI is InChI=1S/C54H46F4N4O8/c55-53(56,41-11-21-45(22-12-41)65-31-3-1-29-59)69-47-17-5-37(6-18-47)9-27-51(63)67-35-39-33-43(61)15-25-49(39)50-26-16-44(62)34-40(50)36-68-52(64)28-10-38-7-19-48(20-8-38)70-54(57,58)42-13-23-46(24-14-42)66-32-4-2-30-60/h5-28,33-34H,1-4,31-32,35-36,61-62H2/b27-9+,28-10+. The molecule has 0 spiro atoms. The Labute approximate surface area is 401 Å². The minimum absolute atomic E-state index is 0.108. The second kappa shape index (κ2) is 24.3. The molecule has 0 heterocycles. The van der Waals surface area contributed by atoms with E-state index in [0.717, 1.165) is 0 Å². The fourth-order valence-corrected chi connectivity index (χ4v) is 6.59. The van der Waals surface area contributed by atoms with Crippen molar-refractivity contribution < 1.29 is 55.6 Å². The van der Waals surface area contributed by atoms with Crippen LogP contribution < -0.4 is 30.4 Å². The molecule has 0 unspecified atom stereocenters. The maximum atomic E-state index is 14.9. The number of esters is 2. The van der Waals surface area contributed by atoms with Crippen LogP contribution in [0.25, 0.3) is 23.3 Å². The van der Waals surface area contributed by atoms with E-state index in [-0.39, 0.29) is 49.1 Å². The van der Waals surface area contributed by atoms with Gasteiger partial charge in [0.1, 0.15) is 36.2 Å². The summed E-state index contributed by atoms with van der Waals surface area (Å²) in [5.41, 5.74) is 15.6. The van der Waals surface area contributed by atoms with Crippen molar-refractivity contribution in [1.29, 1.82) is 10.5 Å². The van der Waals surface area contributed by atoms with Crippen LogP contribution in [0.5, 0.6) is 23.0 Å². The molecule has 0 bridgehead atoms. The lowest BCUT2D eigenvalue weighted by Crippen LogP contribution is -2.21. The monoisotopic (exact) mass is 954 g/mol. The number of nitrogen functional groups attached to an aromatic ring is 2. The van der Waals surface area contributed by atoms with E-state index in [2.05, 4.69) is 0 Å². The molecule has 0 amide bonds. The number of nitriles is 2. The zero-order valence-electron chi connectivity index (χ0n) is 37.5. The Morgan fingerprint density at radius 1 is 0.514 bits per heavy atom. The summed E-state index contributed by atoms with van der Waals surface area (Å²) in [6.07, 6.45) is -0.325. The highest BCUT2D eigenvalue weighted by Crippen LogP contribution is 2.35. The zero-order valence-corrected chi connectivity index (χ0v) is 37.5. The van der Waals surface area contributed by atoms with Gasteiger partial charge in [0.25, 0.3) is 0 Å². The molecule has 16 heteroatoms. The molecule has 0 aromatic heterocycles. The fraction of sp³-hybridized carbons (Fsp3) is 0.185. The van der Waals surface area contributed by atoms with Crippen molar-refractivity contribution in [3.05, 3.63) is 179 Å². The fourth-order valence-electron chi connectivity index (χ4n) is 6.59. The Kier molecular flexibility index (Phi) is 17.6. The lowest BCUT2D eigenvalue weighted by molar-refractivity contribution is -0.186. The molecule has 0 aliphatic heterocycles. The quantitative estimate of drug-likeness (QED) is 0.0204. The summed E-state index contributed by atoms with van der Waals surface area (Å²) in [6, 6.07) is 35.9. The molecule has 0 radical (unpaired) electrons. The maximum Gasteiger partial charge on any atom is 0.426 e. The van der Waals surface area contributed by atoms with Gasteiger partial charge in [-0.3, -0.25) is 0 Å². The van der Waals surface area contributed by atoms with Crippen LogP contribution in [0, 0.1) is 22.7 Å². The molecule has 0 atom stereocenters. The average molecular weight is 955 g/mol. The van der Waals surface area contributed by atoms with Crippen LogP contribution in [0.3, 0.4) is 0 Å². The van der Waals surface area contributed by atoms with E-state index in [1.165, 1.54) is 121 Å². The Morgan fingerprint density at radius 3 is 1.23 bits per heavy atom. The van der Waals surface area contributed by atoms with Gasteiger partial charge in [-0.15, -0.1) is 0 Å². The number of unbranched alkanes of at least 4 members (excludes halogenated alkanes) is 2.